The molecule has 1 aromatic heterocycles. The Morgan fingerprint density at radius 1 is 1.26 bits per heavy atom. The van der Waals surface area contributed by atoms with Crippen LogP contribution in [0.1, 0.15) is 5.56 Å². The van der Waals surface area contributed by atoms with E-state index in [1.165, 1.54) is 17.3 Å². The highest BCUT2D eigenvalue weighted by Gasteiger charge is 2.49. The maximum Gasteiger partial charge on any atom is 0.415 e. The first-order valence-electron chi connectivity index (χ1n) is 8.23. The average Bonchev–Trinajstić information content (AvgIpc) is 3.19. The van der Waals surface area contributed by atoms with Gasteiger partial charge in [-0.05, 0) is 41.8 Å². The zero-order valence-electron chi connectivity index (χ0n) is 14.1. The van der Waals surface area contributed by atoms with Crippen LogP contribution in [-0.2, 0) is 16.0 Å². The topological polar surface area (TPSA) is 136 Å². The molecule has 2 aliphatic heterocycles. The van der Waals surface area contributed by atoms with Crippen LogP contribution in [0, 0.1) is 0 Å². The van der Waals surface area contributed by atoms with Crippen LogP contribution in [0.2, 0.25) is 0 Å². The Balaban J connectivity index is 1.60. The van der Waals surface area contributed by atoms with Gasteiger partial charge in [0.2, 0.25) is 6.10 Å². The number of rotatable bonds is 4. The number of amides is 2. The molecule has 3 heterocycles. The Labute approximate surface area is 154 Å². The fraction of sp³-hybridized carbons (Fsp3) is 0.167. The van der Waals surface area contributed by atoms with Gasteiger partial charge in [-0.1, -0.05) is 6.07 Å². The van der Waals surface area contributed by atoms with Crippen LogP contribution >= 0.6 is 0 Å². The number of carbonyl (C=O) groups is 2. The van der Waals surface area contributed by atoms with Gasteiger partial charge in [0, 0.05) is 18.0 Å². The summed E-state index contributed by atoms with van der Waals surface area (Å²) in [5, 5.41) is 3.33. The standard InChI is InChI=1S/C18H16N6O3/c19-17(25)16-14-8-12-7-10(1-3-13(12)24(14)18(26)27-16)11-2-4-15(22-9-11)21-5-6-23-20/h1-7,9,14,16H,8,20H2,(H2,19,25)/b21-5?,23-6-/t14-,16+/m0/s1. The van der Waals surface area contributed by atoms with Crippen molar-refractivity contribution in [2.24, 2.45) is 21.7 Å². The van der Waals surface area contributed by atoms with Gasteiger partial charge < -0.3 is 16.3 Å². The monoisotopic (exact) mass is 364 g/mol. The van der Waals surface area contributed by atoms with E-state index in [1.807, 2.05) is 24.3 Å². The van der Waals surface area contributed by atoms with Crippen molar-refractivity contribution in [2.45, 2.75) is 18.6 Å². The summed E-state index contributed by atoms with van der Waals surface area (Å²) in [6.07, 6.45) is 3.58. The molecule has 1 saturated heterocycles. The van der Waals surface area contributed by atoms with E-state index < -0.39 is 18.1 Å². The molecule has 1 fully saturated rings. The first kappa shape index (κ1) is 16.7. The van der Waals surface area contributed by atoms with E-state index in [-0.39, 0.29) is 6.04 Å². The first-order valence-corrected chi connectivity index (χ1v) is 8.23. The minimum absolute atomic E-state index is 0.390. The van der Waals surface area contributed by atoms with Gasteiger partial charge in [-0.3, -0.25) is 9.69 Å². The molecule has 0 spiro atoms. The summed E-state index contributed by atoms with van der Waals surface area (Å²) in [6.45, 7) is 0. The molecule has 2 atom stereocenters. The fourth-order valence-electron chi connectivity index (χ4n) is 3.41. The van der Waals surface area contributed by atoms with Crippen molar-refractivity contribution in [2.75, 3.05) is 4.90 Å². The van der Waals surface area contributed by atoms with Crippen LogP contribution in [0.25, 0.3) is 11.1 Å². The number of anilines is 1. The number of aliphatic imine (C=N–C) groups is 1. The van der Waals surface area contributed by atoms with E-state index >= 15 is 0 Å². The molecule has 27 heavy (non-hydrogen) atoms. The number of hydrogen-bond acceptors (Lipinski definition) is 7. The molecular weight excluding hydrogens is 348 g/mol. The molecule has 9 nitrogen and oxygen atoms in total. The Morgan fingerprint density at radius 3 is 2.78 bits per heavy atom. The van der Waals surface area contributed by atoms with Crippen molar-refractivity contribution in [1.29, 1.82) is 0 Å². The summed E-state index contributed by atoms with van der Waals surface area (Å²) >= 11 is 0. The average molecular weight is 364 g/mol. The summed E-state index contributed by atoms with van der Waals surface area (Å²) in [6, 6.07) is 9.02. The molecule has 2 aliphatic rings. The lowest BCUT2D eigenvalue weighted by Gasteiger charge is -2.14. The third-order valence-corrected chi connectivity index (χ3v) is 4.59. The Kier molecular flexibility index (Phi) is 4.03. The van der Waals surface area contributed by atoms with Gasteiger partial charge in [-0.15, -0.1) is 0 Å². The molecule has 0 aliphatic carbocycles. The predicted octanol–water partition coefficient (Wildman–Crippen LogP) is 1.13. The number of benzene rings is 1. The second kappa shape index (κ2) is 6.52. The van der Waals surface area contributed by atoms with Gasteiger partial charge in [-0.2, -0.15) is 5.10 Å². The van der Waals surface area contributed by atoms with Gasteiger partial charge in [0.1, 0.15) is 0 Å². The van der Waals surface area contributed by atoms with Crippen LogP contribution in [0.5, 0.6) is 0 Å². The molecule has 1 aromatic carbocycles. The van der Waals surface area contributed by atoms with Gasteiger partial charge >= 0.3 is 6.09 Å². The zero-order chi connectivity index (χ0) is 19.0. The lowest BCUT2D eigenvalue weighted by molar-refractivity contribution is -0.125. The number of cyclic esters (lactones) is 1. The predicted molar refractivity (Wildman–Crippen MR) is 99.9 cm³/mol. The maximum atomic E-state index is 12.1. The second-order valence-corrected chi connectivity index (χ2v) is 6.17. The van der Waals surface area contributed by atoms with Gasteiger partial charge in [0.25, 0.3) is 5.91 Å². The molecule has 4 rings (SSSR count). The first-order chi connectivity index (χ1) is 13.1. The summed E-state index contributed by atoms with van der Waals surface area (Å²) in [4.78, 5) is 33.5. The number of primary amides is 1. The van der Waals surface area contributed by atoms with Crippen LogP contribution in [0.3, 0.4) is 0 Å². The van der Waals surface area contributed by atoms with Crippen molar-refractivity contribution in [3.63, 3.8) is 0 Å². The number of nitrogens with zero attached hydrogens (tertiary/aromatic N) is 4. The van der Waals surface area contributed by atoms with Crippen molar-refractivity contribution in [3.05, 3.63) is 42.1 Å². The van der Waals surface area contributed by atoms with E-state index in [1.54, 1.807) is 12.3 Å². The molecule has 0 bridgehead atoms. The van der Waals surface area contributed by atoms with Gasteiger partial charge in [0.15, 0.2) is 5.82 Å². The van der Waals surface area contributed by atoms with E-state index in [0.29, 0.717) is 12.2 Å². The van der Waals surface area contributed by atoms with Crippen LogP contribution in [0.4, 0.5) is 16.3 Å². The van der Waals surface area contributed by atoms with Crippen LogP contribution in [-0.4, -0.2) is 41.6 Å². The number of carbonyl (C=O) groups excluding carboxylic acids is 2. The summed E-state index contributed by atoms with van der Waals surface area (Å²) in [5.74, 6) is 4.90. The molecule has 0 radical (unpaired) electrons. The van der Waals surface area contributed by atoms with E-state index in [4.69, 9.17) is 16.3 Å². The van der Waals surface area contributed by atoms with Gasteiger partial charge in [-0.25, -0.2) is 14.8 Å². The van der Waals surface area contributed by atoms with E-state index in [9.17, 15) is 9.59 Å². The molecule has 9 heteroatoms. The number of fused-ring (bicyclic) bond motifs is 3. The second-order valence-electron chi connectivity index (χ2n) is 6.17. The van der Waals surface area contributed by atoms with E-state index in [2.05, 4.69) is 15.1 Å². The van der Waals surface area contributed by atoms with Crippen LogP contribution < -0.4 is 16.5 Å². The molecule has 2 amide bonds. The minimum atomic E-state index is -0.927. The molecule has 0 unspecified atom stereocenters. The molecule has 2 aromatic rings. The highest BCUT2D eigenvalue weighted by molar-refractivity contribution is 6.16. The Bertz CT molecular complexity index is 970. The third kappa shape index (κ3) is 2.88. The number of pyridine rings is 1. The smallest absolute Gasteiger partial charge is 0.415 e. The summed E-state index contributed by atoms with van der Waals surface area (Å²) in [5.41, 5.74) is 8.91. The Morgan fingerprint density at radius 2 is 2.07 bits per heavy atom. The quantitative estimate of drug-likeness (QED) is 0.476. The molecular formula is C18H16N6O3. The van der Waals surface area contributed by atoms with E-state index in [0.717, 1.165) is 22.4 Å². The van der Waals surface area contributed by atoms with Crippen molar-refractivity contribution in [3.8, 4) is 11.1 Å². The molecule has 0 saturated carbocycles. The van der Waals surface area contributed by atoms with Crippen molar-refractivity contribution >= 4 is 35.9 Å². The Hall–Kier alpha value is -3.75. The SMILES string of the molecule is N/N=C\C=Nc1ccc(-c2ccc3c(c2)C[C@H]2[C@H](C(N)=O)OC(=O)N32)cn1. The largest absolute Gasteiger partial charge is 0.433 e. The number of hydrazone groups is 1. The number of hydrogen-bond donors (Lipinski definition) is 2. The molecule has 4 N–H and O–H groups in total. The minimum Gasteiger partial charge on any atom is -0.433 e. The fourth-order valence-corrected chi connectivity index (χ4v) is 3.41. The summed E-state index contributed by atoms with van der Waals surface area (Å²) in [7, 11) is 0. The number of ether oxygens (including phenoxy) is 1. The van der Waals surface area contributed by atoms with Gasteiger partial charge in [0.05, 0.1) is 17.9 Å². The number of aromatic nitrogens is 1. The zero-order valence-corrected chi connectivity index (χ0v) is 14.1. The van der Waals surface area contributed by atoms with Crippen molar-refractivity contribution < 1.29 is 14.3 Å². The normalized spacial score (nSPS) is 20.9. The maximum absolute atomic E-state index is 12.1. The third-order valence-electron chi connectivity index (χ3n) is 4.59. The molecule has 136 valence electrons. The lowest BCUT2D eigenvalue weighted by atomic mass is 10.0. The number of nitrogens with two attached hydrogens (primary N) is 2. The summed E-state index contributed by atoms with van der Waals surface area (Å²) < 4.78 is 5.09. The lowest BCUT2D eigenvalue weighted by Crippen LogP contribution is -2.40. The highest BCUT2D eigenvalue weighted by Crippen LogP contribution is 2.40. The highest BCUT2D eigenvalue weighted by atomic mass is 16.6. The van der Waals surface area contributed by atoms with Crippen molar-refractivity contribution in [1.82, 2.24) is 4.98 Å². The van der Waals surface area contributed by atoms with Crippen LogP contribution in [0.15, 0.2) is 46.6 Å².